The van der Waals surface area contributed by atoms with Crippen LogP contribution in [0.5, 0.6) is 0 Å². The van der Waals surface area contributed by atoms with Crippen molar-refractivity contribution in [3.05, 3.63) is 125 Å². The Morgan fingerprint density at radius 2 is 0.929 bits per heavy atom. The van der Waals surface area contributed by atoms with E-state index in [1.807, 2.05) is 14.1 Å². The third kappa shape index (κ3) is 4.61. The summed E-state index contributed by atoms with van der Waals surface area (Å²) in [6.45, 7) is 0. The molecule has 0 bridgehead atoms. The zero-order chi connectivity index (χ0) is 30.0. The second kappa shape index (κ2) is 10.7. The average Bonchev–Trinajstić information content (AvgIpc) is 3.39. The number of carbonyl (C=O) groups is 4. The fourth-order valence-corrected chi connectivity index (χ4v) is 7.80. The number of rotatable bonds is 2. The molecule has 0 fully saturated rings. The Balaban J connectivity index is 1.67. The van der Waals surface area contributed by atoms with Crippen LogP contribution in [0.15, 0.2) is 103 Å². The zero-order valence-corrected chi connectivity index (χ0v) is 28.2. The second-order valence-electron chi connectivity index (χ2n) is 9.71. The summed E-state index contributed by atoms with van der Waals surface area (Å²) in [4.78, 5) is 59.5. The quantitative estimate of drug-likeness (QED) is 0.184. The standard InChI is InChI=1S/C30H18Br4N4O4/c1-35-7-3-15(4-8-35)29(41)37-23-19(11-17(31)13-21(23)33)27(39)25(37)26-28(40)20-12-18(32)14-22(34)24(20)38(26)30(42)16-5-9-36(2)10-6-16/h3-14H,1-2H3/q+2/b26-25+. The highest BCUT2D eigenvalue weighted by Crippen LogP contribution is 2.49. The molecule has 4 heterocycles. The summed E-state index contributed by atoms with van der Waals surface area (Å²) in [5.41, 5.74) is 1.15. The lowest BCUT2D eigenvalue weighted by molar-refractivity contribution is -0.671. The Morgan fingerprint density at radius 3 is 1.26 bits per heavy atom. The largest absolute Gasteiger partial charge is 0.287 e. The molecule has 2 aliphatic rings. The van der Waals surface area contributed by atoms with Crippen LogP contribution in [0.4, 0.5) is 11.4 Å². The molecule has 0 saturated heterocycles. The van der Waals surface area contributed by atoms with E-state index in [2.05, 4.69) is 63.7 Å². The third-order valence-electron chi connectivity index (χ3n) is 6.95. The smallest absolute Gasteiger partial charge is 0.263 e. The average molecular weight is 818 g/mol. The van der Waals surface area contributed by atoms with Crippen molar-refractivity contribution in [2.45, 2.75) is 0 Å². The molecule has 0 unspecified atom stereocenters. The van der Waals surface area contributed by atoms with Crippen LogP contribution in [-0.4, -0.2) is 23.4 Å². The molecule has 42 heavy (non-hydrogen) atoms. The van der Waals surface area contributed by atoms with Crippen LogP contribution in [0, 0.1) is 0 Å². The van der Waals surface area contributed by atoms with E-state index in [-0.39, 0.29) is 33.9 Å². The molecule has 0 atom stereocenters. The van der Waals surface area contributed by atoms with E-state index in [0.29, 0.717) is 29.0 Å². The van der Waals surface area contributed by atoms with Gasteiger partial charge in [-0.05, 0) is 56.1 Å². The Labute approximate surface area is 273 Å². The van der Waals surface area contributed by atoms with Crippen LogP contribution < -0.4 is 18.9 Å². The molecule has 2 aromatic carbocycles. The summed E-state index contributed by atoms with van der Waals surface area (Å²) in [6.07, 6.45) is 6.86. The van der Waals surface area contributed by atoms with Gasteiger partial charge in [0.25, 0.3) is 11.8 Å². The van der Waals surface area contributed by atoms with E-state index in [1.165, 1.54) is 9.80 Å². The molecule has 2 aliphatic heterocycles. The number of hydrogen-bond acceptors (Lipinski definition) is 4. The molecule has 8 nitrogen and oxygen atoms in total. The van der Waals surface area contributed by atoms with E-state index < -0.39 is 23.4 Å². The van der Waals surface area contributed by atoms with E-state index in [1.54, 1.807) is 82.5 Å². The van der Waals surface area contributed by atoms with Crippen molar-refractivity contribution in [2.24, 2.45) is 14.1 Å². The lowest BCUT2D eigenvalue weighted by Crippen LogP contribution is -2.37. The number of aryl methyl sites for hydroxylation is 2. The number of nitrogens with zero attached hydrogens (tertiary/aromatic N) is 4. The predicted molar refractivity (Wildman–Crippen MR) is 168 cm³/mol. The van der Waals surface area contributed by atoms with Crippen molar-refractivity contribution in [1.82, 2.24) is 0 Å². The number of halogens is 4. The molecule has 0 saturated carbocycles. The van der Waals surface area contributed by atoms with Gasteiger partial charge < -0.3 is 0 Å². The molecule has 0 aliphatic carbocycles. The van der Waals surface area contributed by atoms with Gasteiger partial charge in [0.1, 0.15) is 25.5 Å². The van der Waals surface area contributed by atoms with Crippen molar-refractivity contribution < 1.29 is 28.3 Å². The first-order valence-corrected chi connectivity index (χ1v) is 15.6. The van der Waals surface area contributed by atoms with Crippen molar-refractivity contribution in [3.8, 4) is 0 Å². The first kappa shape index (κ1) is 28.8. The minimum absolute atomic E-state index is 0.205. The van der Waals surface area contributed by atoms with E-state index in [0.717, 1.165) is 0 Å². The predicted octanol–water partition coefficient (Wildman–Crippen LogP) is 5.98. The van der Waals surface area contributed by atoms with Crippen molar-refractivity contribution in [1.29, 1.82) is 0 Å². The Morgan fingerprint density at radius 1 is 0.595 bits per heavy atom. The number of ketones is 2. The fraction of sp³-hybridized carbons (Fsp3) is 0.0667. The van der Waals surface area contributed by atoms with Gasteiger partial charge in [-0.1, -0.05) is 31.9 Å². The summed E-state index contributed by atoms with van der Waals surface area (Å²) in [7, 11) is 3.64. The summed E-state index contributed by atoms with van der Waals surface area (Å²) in [6, 6.07) is 13.2. The SMILES string of the molecule is C[n+]1ccc(C(=O)N2/C(=C3\C(=O)c4cc(Br)cc(Br)c4N3C(=O)c3cc[n+](C)cc3)C(=O)c3cc(Br)cc(Br)c32)cc1. The van der Waals surface area contributed by atoms with Gasteiger partial charge >= 0.3 is 0 Å². The maximum atomic E-state index is 14.3. The summed E-state index contributed by atoms with van der Waals surface area (Å²) in [5, 5.41) is 0. The molecule has 2 amide bonds. The highest BCUT2D eigenvalue weighted by atomic mass is 79.9. The number of anilines is 2. The van der Waals surface area contributed by atoms with Crippen LogP contribution in [0.1, 0.15) is 41.4 Å². The molecule has 2 aromatic heterocycles. The van der Waals surface area contributed by atoms with Crippen LogP contribution in [0.2, 0.25) is 0 Å². The van der Waals surface area contributed by atoms with Gasteiger partial charge in [-0.25, -0.2) is 9.13 Å². The molecule has 208 valence electrons. The van der Waals surface area contributed by atoms with Crippen LogP contribution in [-0.2, 0) is 14.1 Å². The second-order valence-corrected chi connectivity index (χ2v) is 13.2. The Hall–Kier alpha value is -3.32. The number of fused-ring (bicyclic) bond motifs is 2. The number of hydrogen-bond donors (Lipinski definition) is 0. The third-order valence-corrected chi connectivity index (χ3v) is 9.08. The van der Waals surface area contributed by atoms with Gasteiger partial charge in [0, 0.05) is 42.2 Å². The first-order chi connectivity index (χ1) is 20.0. The van der Waals surface area contributed by atoms with Gasteiger partial charge in [0.2, 0.25) is 11.6 Å². The van der Waals surface area contributed by atoms with Gasteiger partial charge in [-0.2, -0.15) is 0 Å². The highest BCUT2D eigenvalue weighted by molar-refractivity contribution is 9.11. The van der Waals surface area contributed by atoms with Crippen LogP contribution >= 0.6 is 63.7 Å². The van der Waals surface area contributed by atoms with E-state index in [9.17, 15) is 19.2 Å². The minimum atomic E-state index is -0.564. The van der Waals surface area contributed by atoms with E-state index >= 15 is 0 Å². The minimum Gasteiger partial charge on any atom is -0.287 e. The molecule has 0 radical (unpaired) electrons. The summed E-state index contributed by atoms with van der Waals surface area (Å²) >= 11 is 13.9. The highest BCUT2D eigenvalue weighted by Gasteiger charge is 2.48. The maximum absolute atomic E-state index is 14.3. The Bertz CT molecular complexity index is 1780. The number of benzene rings is 2. The van der Waals surface area contributed by atoms with Crippen LogP contribution in [0.3, 0.4) is 0 Å². The fourth-order valence-electron chi connectivity index (χ4n) is 4.99. The molecule has 4 aromatic rings. The number of Topliss-reactive ketones (excluding diaryl/α,β-unsaturated/α-hetero) is 2. The number of aromatic nitrogens is 2. The van der Waals surface area contributed by atoms with Crippen molar-refractivity contribution >= 4 is 98.5 Å². The van der Waals surface area contributed by atoms with Crippen LogP contribution in [0.25, 0.3) is 0 Å². The van der Waals surface area contributed by atoms with Gasteiger partial charge in [0.15, 0.2) is 24.8 Å². The monoisotopic (exact) mass is 814 g/mol. The van der Waals surface area contributed by atoms with Gasteiger partial charge in [-0.3, -0.25) is 29.0 Å². The molecule has 12 heteroatoms. The summed E-state index contributed by atoms with van der Waals surface area (Å²) in [5.74, 6) is -2.19. The topological polar surface area (TPSA) is 82.5 Å². The molecular weight excluding hydrogens is 800 g/mol. The van der Waals surface area contributed by atoms with Gasteiger partial charge in [0.05, 0.1) is 33.6 Å². The molecular formula is C30H18Br4N4O4+2. The Kier molecular flexibility index (Phi) is 7.37. The normalized spacial score (nSPS) is 15.8. The zero-order valence-electron chi connectivity index (χ0n) is 21.9. The summed E-state index contributed by atoms with van der Waals surface area (Å²) < 4.78 is 5.68. The number of carbonyl (C=O) groups excluding carboxylic acids is 4. The molecule has 6 rings (SSSR count). The maximum Gasteiger partial charge on any atom is 0.263 e. The van der Waals surface area contributed by atoms with Gasteiger partial charge in [-0.15, -0.1) is 0 Å². The van der Waals surface area contributed by atoms with Crippen molar-refractivity contribution in [3.63, 3.8) is 0 Å². The molecule has 0 spiro atoms. The number of allylic oxidation sites excluding steroid dienone is 2. The first-order valence-electron chi connectivity index (χ1n) is 12.4. The number of pyridine rings is 2. The lowest BCUT2D eigenvalue weighted by Gasteiger charge is -2.25. The van der Waals surface area contributed by atoms with Crippen molar-refractivity contribution in [2.75, 3.05) is 9.80 Å². The lowest BCUT2D eigenvalue weighted by atomic mass is 10.1. The molecule has 0 N–H and O–H groups in total. The van der Waals surface area contributed by atoms with E-state index in [4.69, 9.17) is 0 Å². The number of amides is 2.